The third-order valence-corrected chi connectivity index (χ3v) is 5.92. The zero-order chi connectivity index (χ0) is 20.8. The van der Waals surface area contributed by atoms with Gasteiger partial charge in [-0.05, 0) is 18.2 Å². The van der Waals surface area contributed by atoms with E-state index in [4.69, 9.17) is 9.15 Å². The molecule has 0 unspecified atom stereocenters. The molecule has 1 saturated heterocycles. The van der Waals surface area contributed by atoms with Crippen molar-refractivity contribution in [2.75, 3.05) is 33.3 Å². The van der Waals surface area contributed by atoms with Crippen LogP contribution in [0.2, 0.25) is 0 Å². The molecule has 2 aromatic rings. The first kappa shape index (κ1) is 21.0. The van der Waals surface area contributed by atoms with Crippen LogP contribution in [0.3, 0.4) is 0 Å². The van der Waals surface area contributed by atoms with Crippen LogP contribution in [0.15, 0.2) is 45.9 Å². The Morgan fingerprint density at radius 1 is 1.03 bits per heavy atom. The average molecular weight is 416 g/mol. The summed E-state index contributed by atoms with van der Waals surface area (Å²) in [5, 5.41) is 0. The molecule has 0 atom stereocenters. The molecule has 1 fully saturated rings. The van der Waals surface area contributed by atoms with Crippen molar-refractivity contribution in [2.45, 2.75) is 24.0 Å². The summed E-state index contributed by atoms with van der Waals surface area (Å²) in [6, 6.07) is 8.98. The maximum atomic E-state index is 13.1. The Kier molecular flexibility index (Phi) is 6.98. The monoisotopic (exact) mass is 416 g/mol. The van der Waals surface area contributed by atoms with E-state index in [0.717, 1.165) is 4.90 Å². The highest BCUT2D eigenvalue weighted by atomic mass is 32.2. The predicted molar refractivity (Wildman–Crippen MR) is 109 cm³/mol. The van der Waals surface area contributed by atoms with E-state index in [1.807, 2.05) is 25.1 Å². The smallest absolute Gasteiger partial charge is 0.341 e. The molecule has 0 saturated carbocycles. The van der Waals surface area contributed by atoms with Crippen molar-refractivity contribution >= 4 is 29.5 Å². The molecule has 154 valence electrons. The van der Waals surface area contributed by atoms with Gasteiger partial charge in [-0.25, -0.2) is 4.79 Å². The quantitative estimate of drug-likeness (QED) is 0.532. The van der Waals surface area contributed by atoms with Crippen molar-refractivity contribution in [2.24, 2.45) is 0 Å². The normalized spacial score (nSPS) is 14.0. The SMILES string of the molecule is CCC(=O)N1CCN(C(=O)c2ccccc2SCc2occc2C(=O)OC)CC1. The number of piperazine rings is 1. The molecule has 3 rings (SSSR count). The number of carbonyl (C=O) groups is 3. The minimum atomic E-state index is -0.446. The van der Waals surface area contributed by atoms with Crippen LogP contribution in [0.25, 0.3) is 0 Å². The minimum Gasteiger partial charge on any atom is -0.468 e. The van der Waals surface area contributed by atoms with Gasteiger partial charge in [-0.2, -0.15) is 0 Å². The van der Waals surface area contributed by atoms with E-state index in [0.29, 0.717) is 55.2 Å². The summed E-state index contributed by atoms with van der Waals surface area (Å²) in [5.41, 5.74) is 1.000. The van der Waals surface area contributed by atoms with Gasteiger partial charge in [0.05, 0.1) is 24.7 Å². The Morgan fingerprint density at radius 2 is 1.72 bits per heavy atom. The number of hydrogen-bond acceptors (Lipinski definition) is 6. The highest BCUT2D eigenvalue weighted by Gasteiger charge is 2.25. The van der Waals surface area contributed by atoms with Gasteiger partial charge in [-0.1, -0.05) is 19.1 Å². The van der Waals surface area contributed by atoms with Gasteiger partial charge in [0.2, 0.25) is 5.91 Å². The van der Waals surface area contributed by atoms with Gasteiger partial charge in [0.15, 0.2) is 0 Å². The van der Waals surface area contributed by atoms with Crippen LogP contribution < -0.4 is 0 Å². The number of ether oxygens (including phenoxy) is 1. The number of furan rings is 1. The maximum absolute atomic E-state index is 13.1. The molecule has 1 aromatic carbocycles. The van der Waals surface area contributed by atoms with Gasteiger partial charge in [-0.3, -0.25) is 9.59 Å². The Balaban J connectivity index is 1.68. The van der Waals surface area contributed by atoms with E-state index >= 15 is 0 Å². The molecule has 2 heterocycles. The molecular weight excluding hydrogens is 392 g/mol. The van der Waals surface area contributed by atoms with Crippen LogP contribution in [-0.2, 0) is 15.3 Å². The first-order valence-corrected chi connectivity index (χ1v) is 10.5. The summed E-state index contributed by atoms with van der Waals surface area (Å²) in [6.45, 7) is 4.01. The Morgan fingerprint density at radius 3 is 2.41 bits per heavy atom. The van der Waals surface area contributed by atoms with E-state index < -0.39 is 5.97 Å². The Labute approximate surface area is 174 Å². The summed E-state index contributed by atoms with van der Waals surface area (Å²) in [4.78, 5) is 41.1. The molecule has 1 aromatic heterocycles. The van der Waals surface area contributed by atoms with E-state index in [1.165, 1.54) is 25.1 Å². The van der Waals surface area contributed by atoms with E-state index in [9.17, 15) is 14.4 Å². The Hall–Kier alpha value is -2.74. The lowest BCUT2D eigenvalue weighted by Crippen LogP contribution is -2.50. The number of rotatable bonds is 6. The topological polar surface area (TPSA) is 80.1 Å². The molecule has 0 aliphatic carbocycles. The lowest BCUT2D eigenvalue weighted by atomic mass is 10.1. The lowest BCUT2D eigenvalue weighted by Gasteiger charge is -2.35. The fraction of sp³-hybridized carbons (Fsp3) is 0.381. The van der Waals surface area contributed by atoms with Crippen LogP contribution >= 0.6 is 11.8 Å². The Bertz CT molecular complexity index is 887. The van der Waals surface area contributed by atoms with Crippen LogP contribution in [-0.4, -0.2) is 60.9 Å². The van der Waals surface area contributed by atoms with E-state index in [1.54, 1.807) is 21.9 Å². The number of amides is 2. The standard InChI is InChI=1S/C21H24N2O5S/c1-3-19(24)22-9-11-23(12-10-22)20(25)16-6-4-5-7-18(16)29-14-17-15(8-13-28-17)21(26)27-2/h4-8,13H,3,9-12,14H2,1-2H3. The number of benzene rings is 1. The van der Waals surface area contributed by atoms with Gasteiger partial charge < -0.3 is 19.0 Å². The number of esters is 1. The fourth-order valence-electron chi connectivity index (χ4n) is 3.21. The summed E-state index contributed by atoms with van der Waals surface area (Å²) in [7, 11) is 1.33. The van der Waals surface area contributed by atoms with Gasteiger partial charge >= 0.3 is 5.97 Å². The van der Waals surface area contributed by atoms with Crippen LogP contribution in [0.5, 0.6) is 0 Å². The van der Waals surface area contributed by atoms with Crippen molar-refractivity contribution in [1.29, 1.82) is 0 Å². The van der Waals surface area contributed by atoms with Crippen molar-refractivity contribution in [3.8, 4) is 0 Å². The first-order chi connectivity index (χ1) is 14.0. The second kappa shape index (κ2) is 9.65. The molecule has 0 bridgehead atoms. The summed E-state index contributed by atoms with van der Waals surface area (Å²) in [5.74, 6) is 0.534. The zero-order valence-corrected chi connectivity index (χ0v) is 17.4. The summed E-state index contributed by atoms with van der Waals surface area (Å²) >= 11 is 1.43. The number of thioether (sulfide) groups is 1. The largest absolute Gasteiger partial charge is 0.468 e. The molecule has 1 aliphatic heterocycles. The second-order valence-corrected chi connectivity index (χ2v) is 7.58. The van der Waals surface area contributed by atoms with Crippen LogP contribution in [0.1, 0.15) is 39.8 Å². The highest BCUT2D eigenvalue weighted by Crippen LogP contribution is 2.29. The summed E-state index contributed by atoms with van der Waals surface area (Å²) in [6.07, 6.45) is 1.93. The number of hydrogen-bond donors (Lipinski definition) is 0. The molecule has 0 N–H and O–H groups in total. The van der Waals surface area contributed by atoms with E-state index in [2.05, 4.69) is 0 Å². The molecular formula is C21H24N2O5S. The molecule has 2 amide bonds. The zero-order valence-electron chi connectivity index (χ0n) is 16.6. The van der Waals surface area contributed by atoms with E-state index in [-0.39, 0.29) is 11.8 Å². The van der Waals surface area contributed by atoms with Crippen molar-refractivity contribution in [3.05, 3.63) is 53.5 Å². The molecule has 0 radical (unpaired) electrons. The molecule has 1 aliphatic rings. The average Bonchev–Trinajstić information content (AvgIpc) is 3.25. The van der Waals surface area contributed by atoms with Crippen LogP contribution in [0.4, 0.5) is 0 Å². The van der Waals surface area contributed by atoms with Crippen molar-refractivity contribution < 1.29 is 23.5 Å². The van der Waals surface area contributed by atoms with Gasteiger partial charge in [-0.15, -0.1) is 11.8 Å². The van der Waals surface area contributed by atoms with Gasteiger partial charge in [0.1, 0.15) is 11.3 Å². The molecule has 7 nitrogen and oxygen atoms in total. The number of methoxy groups -OCH3 is 1. The lowest BCUT2D eigenvalue weighted by molar-refractivity contribution is -0.132. The van der Waals surface area contributed by atoms with Crippen molar-refractivity contribution in [3.63, 3.8) is 0 Å². The minimum absolute atomic E-state index is 0.0515. The first-order valence-electron chi connectivity index (χ1n) is 9.48. The maximum Gasteiger partial charge on any atom is 0.341 e. The fourth-order valence-corrected chi connectivity index (χ4v) is 4.21. The third-order valence-electron chi connectivity index (χ3n) is 4.85. The van der Waals surface area contributed by atoms with Gasteiger partial charge in [0.25, 0.3) is 5.91 Å². The third kappa shape index (κ3) is 4.82. The van der Waals surface area contributed by atoms with Crippen LogP contribution in [0, 0.1) is 0 Å². The van der Waals surface area contributed by atoms with Crippen molar-refractivity contribution in [1.82, 2.24) is 9.80 Å². The molecule has 8 heteroatoms. The number of nitrogens with zero attached hydrogens (tertiary/aromatic N) is 2. The number of carbonyl (C=O) groups excluding carboxylic acids is 3. The highest BCUT2D eigenvalue weighted by molar-refractivity contribution is 7.98. The molecule has 29 heavy (non-hydrogen) atoms. The molecule has 0 spiro atoms. The summed E-state index contributed by atoms with van der Waals surface area (Å²) < 4.78 is 10.2. The second-order valence-electron chi connectivity index (χ2n) is 6.56. The predicted octanol–water partition coefficient (Wildman–Crippen LogP) is 3.05. The van der Waals surface area contributed by atoms with Gasteiger partial charge in [0, 0.05) is 37.5 Å².